The van der Waals surface area contributed by atoms with Crippen LogP contribution in [0.25, 0.3) is 0 Å². The van der Waals surface area contributed by atoms with Crippen LogP contribution in [0.4, 0.5) is 5.69 Å². The molecule has 0 radical (unpaired) electrons. The van der Waals surface area contributed by atoms with Crippen LogP contribution in [-0.2, 0) is 9.53 Å². The van der Waals surface area contributed by atoms with Gasteiger partial charge in [-0.25, -0.2) is 0 Å². The van der Waals surface area contributed by atoms with Crippen LogP contribution in [0, 0.1) is 11.3 Å². The van der Waals surface area contributed by atoms with Gasteiger partial charge in [-0.15, -0.1) is 0 Å². The maximum absolute atomic E-state index is 10.4. The molecule has 0 unspecified atom stereocenters. The van der Waals surface area contributed by atoms with Crippen molar-refractivity contribution in [3.63, 3.8) is 0 Å². The summed E-state index contributed by atoms with van der Waals surface area (Å²) in [4.78, 5) is 12.7. The van der Waals surface area contributed by atoms with E-state index in [0.717, 1.165) is 31.6 Å². The average molecular weight is 274 g/mol. The standard InChI is InChI=1S/C15H18N2O3/c16-11-12-1-3-13(4-2-12)17-8-5-14(6-9-17)20-10-7-15(18)19/h1-4,14H,5-10H2,(H,18,19). The van der Waals surface area contributed by atoms with Gasteiger partial charge in [-0.05, 0) is 37.1 Å². The molecular weight excluding hydrogens is 256 g/mol. The van der Waals surface area contributed by atoms with Crippen LogP contribution in [-0.4, -0.2) is 36.9 Å². The predicted octanol–water partition coefficient (Wildman–Crippen LogP) is 2.02. The molecule has 0 aromatic heterocycles. The highest BCUT2D eigenvalue weighted by Gasteiger charge is 2.20. The summed E-state index contributed by atoms with van der Waals surface area (Å²) in [5.41, 5.74) is 1.79. The van der Waals surface area contributed by atoms with E-state index in [9.17, 15) is 4.79 Å². The minimum atomic E-state index is -0.819. The molecule has 1 N–H and O–H groups in total. The van der Waals surface area contributed by atoms with Crippen LogP contribution in [0.1, 0.15) is 24.8 Å². The summed E-state index contributed by atoms with van der Waals surface area (Å²) in [6.45, 7) is 2.07. The molecule has 0 atom stereocenters. The Kier molecular flexibility index (Phi) is 4.97. The van der Waals surface area contributed by atoms with Gasteiger partial charge in [-0.2, -0.15) is 5.26 Å². The number of carboxylic acid groups (broad SMARTS) is 1. The molecule has 20 heavy (non-hydrogen) atoms. The predicted molar refractivity (Wildman–Crippen MR) is 74.6 cm³/mol. The van der Waals surface area contributed by atoms with E-state index in [4.69, 9.17) is 15.1 Å². The Hall–Kier alpha value is -2.06. The molecular formula is C15H18N2O3. The van der Waals surface area contributed by atoms with Crippen LogP contribution in [0.15, 0.2) is 24.3 Å². The molecule has 5 heteroatoms. The first-order chi connectivity index (χ1) is 9.69. The lowest BCUT2D eigenvalue weighted by Gasteiger charge is -2.33. The van der Waals surface area contributed by atoms with Gasteiger partial charge in [0.25, 0.3) is 0 Å². The van der Waals surface area contributed by atoms with Crippen molar-refractivity contribution >= 4 is 11.7 Å². The SMILES string of the molecule is N#Cc1ccc(N2CCC(OCCC(=O)O)CC2)cc1. The van der Waals surface area contributed by atoms with E-state index in [1.165, 1.54) is 0 Å². The third kappa shape index (κ3) is 3.97. The second-order valence-corrected chi connectivity index (χ2v) is 4.86. The van der Waals surface area contributed by atoms with E-state index in [0.29, 0.717) is 5.56 Å². The smallest absolute Gasteiger partial charge is 0.305 e. The van der Waals surface area contributed by atoms with E-state index in [1.807, 2.05) is 24.3 Å². The summed E-state index contributed by atoms with van der Waals surface area (Å²) >= 11 is 0. The summed E-state index contributed by atoms with van der Waals surface area (Å²) in [7, 11) is 0. The number of piperidine rings is 1. The summed E-state index contributed by atoms with van der Waals surface area (Å²) < 4.78 is 5.56. The maximum atomic E-state index is 10.4. The Balaban J connectivity index is 1.78. The fraction of sp³-hybridized carbons (Fsp3) is 0.467. The van der Waals surface area contributed by atoms with Crippen molar-refractivity contribution in [1.82, 2.24) is 0 Å². The average Bonchev–Trinajstić information content (AvgIpc) is 2.48. The second-order valence-electron chi connectivity index (χ2n) is 4.86. The number of carboxylic acids is 1. The zero-order chi connectivity index (χ0) is 14.4. The van der Waals surface area contributed by atoms with Crippen molar-refractivity contribution in [1.29, 1.82) is 5.26 Å². The third-order valence-corrected chi connectivity index (χ3v) is 3.47. The van der Waals surface area contributed by atoms with Crippen molar-refractivity contribution in [2.75, 3.05) is 24.6 Å². The Labute approximate surface area is 118 Å². The molecule has 106 valence electrons. The van der Waals surface area contributed by atoms with Crippen LogP contribution in [0.5, 0.6) is 0 Å². The fourth-order valence-corrected chi connectivity index (χ4v) is 2.34. The van der Waals surface area contributed by atoms with Crippen molar-refractivity contribution in [3.05, 3.63) is 29.8 Å². The van der Waals surface area contributed by atoms with Gasteiger partial charge in [0.2, 0.25) is 0 Å². The molecule has 1 heterocycles. The number of nitriles is 1. The number of ether oxygens (including phenoxy) is 1. The minimum Gasteiger partial charge on any atom is -0.481 e. The number of benzene rings is 1. The molecule has 5 nitrogen and oxygen atoms in total. The van der Waals surface area contributed by atoms with Gasteiger partial charge in [0.15, 0.2) is 0 Å². The normalized spacial score (nSPS) is 15.8. The lowest BCUT2D eigenvalue weighted by Crippen LogP contribution is -2.37. The molecule has 0 bridgehead atoms. The Morgan fingerprint density at radius 3 is 2.55 bits per heavy atom. The van der Waals surface area contributed by atoms with Gasteiger partial charge < -0.3 is 14.7 Å². The van der Waals surface area contributed by atoms with E-state index in [-0.39, 0.29) is 19.1 Å². The Bertz CT molecular complexity index is 485. The number of hydrogen-bond acceptors (Lipinski definition) is 4. The summed E-state index contributed by atoms with van der Waals surface area (Å²) in [5.74, 6) is -0.819. The topological polar surface area (TPSA) is 73.6 Å². The van der Waals surface area contributed by atoms with Crippen LogP contribution < -0.4 is 4.90 Å². The molecule has 1 fully saturated rings. The number of nitrogens with zero attached hydrogens (tertiary/aromatic N) is 2. The molecule has 1 aliphatic heterocycles. The quantitative estimate of drug-likeness (QED) is 0.889. The zero-order valence-corrected chi connectivity index (χ0v) is 11.3. The molecule has 0 aliphatic carbocycles. The lowest BCUT2D eigenvalue weighted by molar-refractivity contribution is -0.138. The summed E-state index contributed by atoms with van der Waals surface area (Å²) in [5, 5.41) is 17.3. The molecule has 0 amide bonds. The largest absolute Gasteiger partial charge is 0.481 e. The van der Waals surface area contributed by atoms with Crippen molar-refractivity contribution in [3.8, 4) is 6.07 Å². The molecule has 1 saturated heterocycles. The second kappa shape index (κ2) is 6.92. The highest BCUT2D eigenvalue weighted by Crippen LogP contribution is 2.21. The van der Waals surface area contributed by atoms with Gasteiger partial charge in [-0.1, -0.05) is 0 Å². The Morgan fingerprint density at radius 1 is 1.35 bits per heavy atom. The van der Waals surface area contributed by atoms with Crippen molar-refractivity contribution < 1.29 is 14.6 Å². The van der Waals surface area contributed by atoms with Gasteiger partial charge in [-0.3, -0.25) is 4.79 Å². The molecule has 1 aromatic carbocycles. The van der Waals surface area contributed by atoms with Gasteiger partial charge >= 0.3 is 5.97 Å². The molecule has 2 rings (SSSR count). The number of anilines is 1. The van der Waals surface area contributed by atoms with E-state index >= 15 is 0 Å². The first-order valence-corrected chi connectivity index (χ1v) is 6.77. The molecule has 1 aromatic rings. The highest BCUT2D eigenvalue weighted by molar-refractivity contribution is 5.66. The lowest BCUT2D eigenvalue weighted by atomic mass is 10.1. The van der Waals surface area contributed by atoms with E-state index in [2.05, 4.69) is 11.0 Å². The minimum absolute atomic E-state index is 0.0653. The third-order valence-electron chi connectivity index (χ3n) is 3.47. The summed E-state index contributed by atoms with van der Waals surface area (Å²) in [6.07, 6.45) is 2.03. The number of aliphatic carboxylic acids is 1. The number of rotatable bonds is 5. The molecule has 0 saturated carbocycles. The monoisotopic (exact) mass is 274 g/mol. The molecule has 1 aliphatic rings. The first-order valence-electron chi connectivity index (χ1n) is 6.77. The van der Waals surface area contributed by atoms with Gasteiger partial charge in [0.1, 0.15) is 0 Å². The van der Waals surface area contributed by atoms with Crippen LogP contribution >= 0.6 is 0 Å². The Morgan fingerprint density at radius 2 is 2.00 bits per heavy atom. The van der Waals surface area contributed by atoms with Gasteiger partial charge in [0, 0.05) is 18.8 Å². The van der Waals surface area contributed by atoms with Crippen LogP contribution in [0.3, 0.4) is 0 Å². The van der Waals surface area contributed by atoms with E-state index in [1.54, 1.807) is 0 Å². The van der Waals surface area contributed by atoms with Gasteiger partial charge in [0.05, 0.1) is 30.8 Å². The zero-order valence-electron chi connectivity index (χ0n) is 11.3. The summed E-state index contributed by atoms with van der Waals surface area (Å²) in [6, 6.07) is 9.68. The van der Waals surface area contributed by atoms with Crippen LogP contribution in [0.2, 0.25) is 0 Å². The van der Waals surface area contributed by atoms with Crippen molar-refractivity contribution in [2.45, 2.75) is 25.4 Å². The first kappa shape index (κ1) is 14.4. The maximum Gasteiger partial charge on any atom is 0.305 e. The number of hydrogen-bond donors (Lipinski definition) is 1. The number of carbonyl (C=O) groups is 1. The highest BCUT2D eigenvalue weighted by atomic mass is 16.5. The molecule has 0 spiro atoms. The van der Waals surface area contributed by atoms with E-state index < -0.39 is 5.97 Å². The van der Waals surface area contributed by atoms with Crippen molar-refractivity contribution in [2.24, 2.45) is 0 Å². The fourth-order valence-electron chi connectivity index (χ4n) is 2.34.